The molecular formula is C9H12ClFN2O2. The largest absolute Gasteiger partial charge is 0.397 e. The molecule has 4 nitrogen and oxygen atoms in total. The fraction of sp³-hybridized carbons (Fsp3) is 0.333. The average Bonchev–Trinajstić information content (AvgIpc) is 2.21. The highest BCUT2D eigenvalue weighted by atomic mass is 35.5. The van der Waals surface area contributed by atoms with Crippen molar-refractivity contribution in [2.45, 2.75) is 12.2 Å². The van der Waals surface area contributed by atoms with E-state index in [4.69, 9.17) is 23.1 Å². The summed E-state index contributed by atoms with van der Waals surface area (Å²) in [7, 11) is 0. The van der Waals surface area contributed by atoms with Gasteiger partial charge in [-0.05, 0) is 12.1 Å². The molecular weight excluding hydrogens is 223 g/mol. The van der Waals surface area contributed by atoms with Gasteiger partial charge in [0.15, 0.2) is 0 Å². The van der Waals surface area contributed by atoms with Crippen molar-refractivity contribution < 1.29 is 14.6 Å². The minimum Gasteiger partial charge on any atom is -0.397 e. The molecule has 0 saturated carbocycles. The van der Waals surface area contributed by atoms with Crippen LogP contribution in [0.4, 0.5) is 15.8 Å². The fourth-order valence-corrected chi connectivity index (χ4v) is 1.37. The van der Waals surface area contributed by atoms with E-state index in [-0.39, 0.29) is 22.8 Å². The zero-order chi connectivity index (χ0) is 11.6. The third kappa shape index (κ3) is 2.50. The summed E-state index contributed by atoms with van der Waals surface area (Å²) in [5, 5.41) is 18.9. The summed E-state index contributed by atoms with van der Waals surface area (Å²) >= 11 is 5.35. The first kappa shape index (κ1) is 12.0. The summed E-state index contributed by atoms with van der Waals surface area (Å²) in [6, 6.07) is 2.06. The minimum absolute atomic E-state index is 0.0193. The van der Waals surface area contributed by atoms with E-state index >= 15 is 0 Å². The third-order valence-corrected chi connectivity index (χ3v) is 2.37. The first-order chi connectivity index (χ1) is 6.97. The van der Waals surface area contributed by atoms with E-state index in [9.17, 15) is 14.6 Å². The van der Waals surface area contributed by atoms with Gasteiger partial charge >= 0.3 is 0 Å². The lowest BCUT2D eigenvalue weighted by Gasteiger charge is -2.18. The smallest absolute Gasteiger partial charge is 0.125 e. The second kappa shape index (κ2) is 4.65. The van der Waals surface area contributed by atoms with E-state index in [0.717, 1.165) is 12.1 Å². The highest BCUT2D eigenvalue weighted by Crippen LogP contribution is 2.29. The Labute approximate surface area is 91.3 Å². The van der Waals surface area contributed by atoms with Gasteiger partial charge in [-0.3, -0.25) is 0 Å². The summed E-state index contributed by atoms with van der Waals surface area (Å²) in [6.45, 7) is 0. The molecule has 15 heavy (non-hydrogen) atoms. The lowest BCUT2D eigenvalue weighted by molar-refractivity contribution is 0.0330. The number of nitrogens with two attached hydrogens (primary N) is 2. The maximum Gasteiger partial charge on any atom is 0.125 e. The minimum atomic E-state index is -1.35. The van der Waals surface area contributed by atoms with E-state index in [0.29, 0.717) is 0 Å². The van der Waals surface area contributed by atoms with Crippen LogP contribution in [0.15, 0.2) is 12.1 Å². The van der Waals surface area contributed by atoms with E-state index < -0.39 is 18.0 Å². The first-order valence-electron chi connectivity index (χ1n) is 4.23. The van der Waals surface area contributed by atoms with Gasteiger partial charge in [-0.15, -0.1) is 11.6 Å². The van der Waals surface area contributed by atoms with Gasteiger partial charge in [0.05, 0.1) is 23.4 Å². The van der Waals surface area contributed by atoms with Crippen LogP contribution in [0.1, 0.15) is 11.7 Å². The van der Waals surface area contributed by atoms with E-state index in [1.54, 1.807) is 0 Å². The van der Waals surface area contributed by atoms with Crippen molar-refractivity contribution in [1.82, 2.24) is 0 Å². The topological polar surface area (TPSA) is 92.5 Å². The quantitative estimate of drug-likeness (QED) is 0.456. The standard InChI is InChI=1S/C9H12ClFN2O2/c10-3-7(14)9(15)5-1-4(11)2-6(12)8(5)13/h1-2,7,9,14-15H,3,12-13H2. The lowest BCUT2D eigenvalue weighted by atomic mass is 10.0. The number of nitrogen functional groups attached to an aromatic ring is 2. The molecule has 0 aliphatic rings. The molecule has 0 fully saturated rings. The highest BCUT2D eigenvalue weighted by molar-refractivity contribution is 6.18. The summed E-state index contributed by atoms with van der Waals surface area (Å²) in [5.41, 5.74) is 11.1. The number of halogens is 2. The highest BCUT2D eigenvalue weighted by Gasteiger charge is 2.21. The molecule has 1 rings (SSSR count). The van der Waals surface area contributed by atoms with Crippen LogP contribution in [0.25, 0.3) is 0 Å². The Balaban J connectivity index is 3.13. The van der Waals surface area contributed by atoms with Gasteiger partial charge < -0.3 is 21.7 Å². The van der Waals surface area contributed by atoms with Crippen LogP contribution in [-0.4, -0.2) is 22.2 Å². The summed E-state index contributed by atoms with van der Waals surface area (Å²) in [5.74, 6) is -0.811. The Morgan fingerprint density at radius 1 is 1.33 bits per heavy atom. The number of aliphatic hydroxyl groups excluding tert-OH is 2. The molecule has 0 spiro atoms. The summed E-state index contributed by atoms with van der Waals surface area (Å²) in [6.07, 6.45) is -2.56. The predicted octanol–water partition coefficient (Wildman–Crippen LogP) is 0.623. The number of hydrogen-bond acceptors (Lipinski definition) is 4. The predicted molar refractivity (Wildman–Crippen MR) is 56.9 cm³/mol. The number of hydrogen-bond donors (Lipinski definition) is 4. The molecule has 0 radical (unpaired) electrons. The summed E-state index contributed by atoms with van der Waals surface area (Å²) < 4.78 is 13.0. The van der Waals surface area contributed by atoms with Crippen LogP contribution < -0.4 is 11.5 Å². The van der Waals surface area contributed by atoms with Gasteiger partial charge in [0.2, 0.25) is 0 Å². The van der Waals surface area contributed by atoms with Crippen LogP contribution >= 0.6 is 11.6 Å². The van der Waals surface area contributed by atoms with Gasteiger partial charge in [-0.1, -0.05) is 0 Å². The molecule has 0 bridgehead atoms. The second-order valence-corrected chi connectivity index (χ2v) is 3.47. The first-order valence-corrected chi connectivity index (χ1v) is 4.77. The molecule has 0 aliphatic heterocycles. The van der Waals surface area contributed by atoms with Crippen LogP contribution in [0, 0.1) is 5.82 Å². The van der Waals surface area contributed by atoms with Crippen molar-refractivity contribution in [3.8, 4) is 0 Å². The molecule has 0 heterocycles. The monoisotopic (exact) mass is 234 g/mol. The van der Waals surface area contributed by atoms with Crippen molar-refractivity contribution in [2.24, 2.45) is 0 Å². The van der Waals surface area contributed by atoms with Crippen LogP contribution in [0.3, 0.4) is 0 Å². The maximum atomic E-state index is 13.0. The second-order valence-electron chi connectivity index (χ2n) is 3.16. The third-order valence-electron chi connectivity index (χ3n) is 2.05. The average molecular weight is 235 g/mol. The van der Waals surface area contributed by atoms with E-state index in [1.165, 1.54) is 0 Å². The van der Waals surface area contributed by atoms with Crippen LogP contribution in [-0.2, 0) is 0 Å². The molecule has 0 aromatic heterocycles. The van der Waals surface area contributed by atoms with Crippen molar-refractivity contribution in [3.05, 3.63) is 23.5 Å². The molecule has 1 aromatic rings. The van der Waals surface area contributed by atoms with Gasteiger partial charge in [-0.25, -0.2) is 4.39 Å². The molecule has 0 saturated heterocycles. The fourth-order valence-electron chi connectivity index (χ4n) is 1.20. The van der Waals surface area contributed by atoms with Crippen molar-refractivity contribution in [2.75, 3.05) is 17.3 Å². The van der Waals surface area contributed by atoms with Gasteiger partial charge in [0, 0.05) is 5.56 Å². The number of anilines is 2. The molecule has 84 valence electrons. The number of rotatable bonds is 3. The molecule has 2 unspecified atom stereocenters. The Morgan fingerprint density at radius 3 is 2.47 bits per heavy atom. The Morgan fingerprint density at radius 2 is 1.93 bits per heavy atom. The molecule has 6 heteroatoms. The Bertz CT molecular complexity index is 362. The Hall–Kier alpha value is -1.04. The van der Waals surface area contributed by atoms with Crippen molar-refractivity contribution >= 4 is 23.0 Å². The Kier molecular flexibility index (Phi) is 3.73. The van der Waals surface area contributed by atoms with Gasteiger partial charge in [0.1, 0.15) is 11.9 Å². The van der Waals surface area contributed by atoms with E-state index in [1.807, 2.05) is 0 Å². The van der Waals surface area contributed by atoms with Crippen molar-refractivity contribution in [3.63, 3.8) is 0 Å². The number of benzene rings is 1. The molecule has 2 atom stereocenters. The number of alkyl halides is 1. The van der Waals surface area contributed by atoms with Crippen LogP contribution in [0.2, 0.25) is 0 Å². The molecule has 0 amide bonds. The zero-order valence-corrected chi connectivity index (χ0v) is 8.58. The maximum absolute atomic E-state index is 13.0. The van der Waals surface area contributed by atoms with Gasteiger partial charge in [0.25, 0.3) is 0 Å². The molecule has 0 aliphatic carbocycles. The van der Waals surface area contributed by atoms with Crippen molar-refractivity contribution in [1.29, 1.82) is 0 Å². The molecule has 1 aromatic carbocycles. The summed E-state index contributed by atoms with van der Waals surface area (Å²) in [4.78, 5) is 0. The SMILES string of the molecule is Nc1cc(F)cc(C(O)C(O)CCl)c1N. The van der Waals surface area contributed by atoms with Crippen LogP contribution in [0.5, 0.6) is 0 Å². The van der Waals surface area contributed by atoms with Gasteiger partial charge in [-0.2, -0.15) is 0 Å². The lowest BCUT2D eigenvalue weighted by Crippen LogP contribution is -2.21. The number of aliphatic hydroxyl groups is 2. The normalized spacial score (nSPS) is 14.9. The van der Waals surface area contributed by atoms with E-state index in [2.05, 4.69) is 0 Å². The molecule has 6 N–H and O–H groups in total. The zero-order valence-electron chi connectivity index (χ0n) is 7.82.